The molecular weight excluding hydrogens is 468 g/mol. The molecule has 0 saturated carbocycles. The van der Waals surface area contributed by atoms with Gasteiger partial charge in [0.05, 0.1) is 12.3 Å². The summed E-state index contributed by atoms with van der Waals surface area (Å²) in [7, 11) is 0. The molecule has 0 aliphatic carbocycles. The van der Waals surface area contributed by atoms with Gasteiger partial charge in [-0.15, -0.1) is 0 Å². The summed E-state index contributed by atoms with van der Waals surface area (Å²) < 4.78 is 34.5. The number of hydrogen-bond donors (Lipinski definition) is 2. The number of rotatable bonds is 9. The first-order valence-corrected chi connectivity index (χ1v) is 12.2. The van der Waals surface area contributed by atoms with E-state index in [9.17, 15) is 18.4 Å². The molecule has 0 spiro atoms. The van der Waals surface area contributed by atoms with Crippen molar-refractivity contribution in [2.24, 2.45) is 0 Å². The first-order valence-electron chi connectivity index (χ1n) is 12.2. The Morgan fingerprint density at radius 3 is 2.67 bits per heavy atom. The lowest BCUT2D eigenvalue weighted by Crippen LogP contribution is -2.37. The van der Waals surface area contributed by atoms with Crippen LogP contribution in [0.1, 0.15) is 46.1 Å². The van der Waals surface area contributed by atoms with Crippen molar-refractivity contribution >= 4 is 17.5 Å². The average molecular weight is 502 g/mol. The number of hydrogen-bond acceptors (Lipinski definition) is 5. The molecule has 2 N–H and O–H groups in total. The van der Waals surface area contributed by atoms with Crippen LogP contribution in [-0.2, 0) is 21.0 Å². The fourth-order valence-corrected chi connectivity index (χ4v) is 3.95. The molecule has 2 aliphatic heterocycles. The molecule has 0 saturated heterocycles. The first-order chi connectivity index (χ1) is 17.3. The molecule has 9 heteroatoms. The summed E-state index contributed by atoms with van der Waals surface area (Å²) >= 11 is 0. The third kappa shape index (κ3) is 6.67. The number of benzene rings is 1. The zero-order valence-electron chi connectivity index (χ0n) is 21.1. The van der Waals surface area contributed by atoms with Crippen LogP contribution in [0.25, 0.3) is 0 Å². The molecule has 7 nitrogen and oxygen atoms in total. The number of fused-ring (bicyclic) bond motifs is 1. The quantitative estimate of drug-likeness (QED) is 0.372. The number of nitrogens with zero attached hydrogens (tertiary/aromatic N) is 1. The SMILES string of the molecule is CC/C=C(/C=C\C(C1=CCN(Cc2cc(F)c3c(c2)NC(=O)C(CC)O3)OC1)=C(/C)F)C(=O)NCC. The van der Waals surface area contributed by atoms with Crippen LogP contribution in [0.3, 0.4) is 0 Å². The molecular formula is C27H33F2N3O4. The number of anilines is 1. The Hall–Kier alpha value is -3.30. The molecule has 0 bridgehead atoms. The van der Waals surface area contributed by atoms with Gasteiger partial charge in [0.25, 0.3) is 11.8 Å². The highest BCUT2D eigenvalue weighted by molar-refractivity contribution is 5.98. The Balaban J connectivity index is 1.71. The number of carbonyl (C=O) groups excluding carboxylic acids is 2. The zero-order chi connectivity index (χ0) is 26.2. The standard InChI is InChI=1S/C27H33F2N3O4/c1-5-8-19(26(33)30-7-3)9-10-21(17(4)28)20-11-12-32(35-16-20)15-18-13-22(29)25-23(14-18)31-27(34)24(6-2)36-25/h8-11,13-14,24H,5-7,12,15-16H2,1-4H3,(H,30,33)(H,31,34)/b10-9-,19-8-,21-17-. The molecule has 0 radical (unpaired) electrons. The molecule has 1 atom stereocenters. The second kappa shape index (κ2) is 12.6. The highest BCUT2D eigenvalue weighted by Crippen LogP contribution is 2.35. The monoisotopic (exact) mass is 501 g/mol. The van der Waals surface area contributed by atoms with Gasteiger partial charge in [-0.3, -0.25) is 14.4 Å². The van der Waals surface area contributed by atoms with Gasteiger partial charge in [0.1, 0.15) is 5.83 Å². The van der Waals surface area contributed by atoms with Gasteiger partial charge in [0, 0.05) is 30.8 Å². The van der Waals surface area contributed by atoms with Gasteiger partial charge in [-0.2, -0.15) is 5.06 Å². The summed E-state index contributed by atoms with van der Waals surface area (Å²) in [5.74, 6) is -1.42. The Morgan fingerprint density at radius 2 is 2.06 bits per heavy atom. The molecule has 2 aliphatic rings. The smallest absolute Gasteiger partial charge is 0.265 e. The van der Waals surface area contributed by atoms with E-state index >= 15 is 0 Å². The van der Waals surface area contributed by atoms with Crippen LogP contribution in [0.2, 0.25) is 0 Å². The van der Waals surface area contributed by atoms with E-state index < -0.39 is 11.9 Å². The maximum atomic E-state index is 14.7. The third-order valence-electron chi connectivity index (χ3n) is 5.76. The molecule has 0 fully saturated rings. The van der Waals surface area contributed by atoms with Gasteiger partial charge in [-0.05, 0) is 56.0 Å². The van der Waals surface area contributed by atoms with Crippen LogP contribution < -0.4 is 15.4 Å². The van der Waals surface area contributed by atoms with E-state index in [1.165, 1.54) is 13.0 Å². The largest absolute Gasteiger partial charge is 0.475 e. The van der Waals surface area contributed by atoms with Crippen LogP contribution in [0.5, 0.6) is 5.75 Å². The molecule has 2 amide bonds. The van der Waals surface area contributed by atoms with Crippen molar-refractivity contribution in [2.75, 3.05) is 25.0 Å². The number of halogens is 2. The maximum absolute atomic E-state index is 14.7. The predicted molar refractivity (Wildman–Crippen MR) is 134 cm³/mol. The van der Waals surface area contributed by atoms with E-state index in [1.807, 2.05) is 19.9 Å². The Kier molecular flexibility index (Phi) is 9.55. The zero-order valence-corrected chi connectivity index (χ0v) is 21.1. The van der Waals surface area contributed by atoms with Crippen molar-refractivity contribution in [1.82, 2.24) is 10.4 Å². The number of allylic oxidation sites excluding steroid dienone is 3. The van der Waals surface area contributed by atoms with E-state index in [0.29, 0.717) is 53.9 Å². The fraction of sp³-hybridized carbons (Fsp3) is 0.407. The highest BCUT2D eigenvalue weighted by Gasteiger charge is 2.29. The molecule has 0 aromatic heterocycles. The first kappa shape index (κ1) is 27.3. The summed E-state index contributed by atoms with van der Waals surface area (Å²) in [6.07, 6.45) is 7.22. The van der Waals surface area contributed by atoms with Crippen molar-refractivity contribution in [2.45, 2.75) is 53.2 Å². The Labute approximate surface area is 210 Å². The van der Waals surface area contributed by atoms with Crippen molar-refractivity contribution in [3.8, 4) is 5.75 Å². The van der Waals surface area contributed by atoms with Gasteiger partial charge < -0.3 is 15.4 Å². The van der Waals surface area contributed by atoms with Crippen molar-refractivity contribution in [1.29, 1.82) is 0 Å². The fourth-order valence-electron chi connectivity index (χ4n) is 3.95. The Morgan fingerprint density at radius 1 is 1.28 bits per heavy atom. The van der Waals surface area contributed by atoms with Gasteiger partial charge >= 0.3 is 0 Å². The van der Waals surface area contributed by atoms with Gasteiger partial charge in [-0.1, -0.05) is 32.1 Å². The van der Waals surface area contributed by atoms with Gasteiger partial charge in [-0.25, -0.2) is 8.78 Å². The van der Waals surface area contributed by atoms with E-state index in [4.69, 9.17) is 9.57 Å². The van der Waals surface area contributed by atoms with Crippen LogP contribution >= 0.6 is 0 Å². The Bertz CT molecular complexity index is 1120. The summed E-state index contributed by atoms with van der Waals surface area (Å²) in [6, 6.07) is 3.02. The lowest BCUT2D eigenvalue weighted by atomic mass is 10.0. The van der Waals surface area contributed by atoms with Gasteiger partial charge in [0.15, 0.2) is 17.7 Å². The summed E-state index contributed by atoms with van der Waals surface area (Å²) in [6.45, 7) is 8.12. The number of ether oxygens (including phenoxy) is 1. The maximum Gasteiger partial charge on any atom is 0.265 e. The van der Waals surface area contributed by atoms with E-state index in [2.05, 4.69) is 10.6 Å². The second-order valence-corrected chi connectivity index (χ2v) is 8.49. The summed E-state index contributed by atoms with van der Waals surface area (Å²) in [5, 5.41) is 7.07. The molecule has 2 heterocycles. The minimum Gasteiger partial charge on any atom is -0.475 e. The molecule has 1 aromatic carbocycles. The van der Waals surface area contributed by atoms with Crippen LogP contribution in [0, 0.1) is 5.82 Å². The van der Waals surface area contributed by atoms with Crippen molar-refractivity contribution in [3.63, 3.8) is 0 Å². The normalized spacial score (nSPS) is 19.3. The highest BCUT2D eigenvalue weighted by atomic mass is 19.1. The number of likely N-dealkylation sites (N-methyl/N-ethyl adjacent to an activating group) is 1. The predicted octanol–water partition coefficient (Wildman–Crippen LogP) is 4.88. The second-order valence-electron chi connectivity index (χ2n) is 8.49. The van der Waals surface area contributed by atoms with Crippen molar-refractivity contribution in [3.05, 3.63) is 70.4 Å². The molecule has 194 valence electrons. The summed E-state index contributed by atoms with van der Waals surface area (Å²) in [4.78, 5) is 30.1. The number of hydroxylamine groups is 2. The van der Waals surface area contributed by atoms with E-state index in [-0.39, 0.29) is 36.5 Å². The minimum absolute atomic E-state index is 0.0380. The minimum atomic E-state index is -0.711. The molecule has 1 aromatic rings. The van der Waals surface area contributed by atoms with Gasteiger partial charge in [0.2, 0.25) is 0 Å². The number of carbonyl (C=O) groups is 2. The lowest BCUT2D eigenvalue weighted by Gasteiger charge is -2.28. The van der Waals surface area contributed by atoms with Crippen LogP contribution in [0.4, 0.5) is 14.5 Å². The van der Waals surface area contributed by atoms with Crippen LogP contribution in [-0.4, -0.2) is 42.7 Å². The number of nitrogens with one attached hydrogen (secondary N) is 2. The molecule has 36 heavy (non-hydrogen) atoms. The lowest BCUT2D eigenvalue weighted by molar-refractivity contribution is -0.156. The summed E-state index contributed by atoms with van der Waals surface area (Å²) in [5.41, 5.74) is 2.35. The van der Waals surface area contributed by atoms with E-state index in [0.717, 1.165) is 0 Å². The number of amides is 2. The van der Waals surface area contributed by atoms with E-state index in [1.54, 1.807) is 36.3 Å². The molecule has 1 unspecified atom stereocenters. The van der Waals surface area contributed by atoms with Crippen LogP contribution in [0.15, 0.2) is 59.0 Å². The van der Waals surface area contributed by atoms with Crippen molar-refractivity contribution < 1.29 is 27.9 Å². The molecule has 3 rings (SSSR count). The average Bonchev–Trinajstić information content (AvgIpc) is 2.84. The third-order valence-corrected chi connectivity index (χ3v) is 5.76. The topological polar surface area (TPSA) is 79.9 Å².